The fourth-order valence-corrected chi connectivity index (χ4v) is 1.95. The molecule has 0 fully saturated rings. The molecule has 13 heteroatoms. The van der Waals surface area contributed by atoms with Crippen LogP contribution in [0.3, 0.4) is 0 Å². The van der Waals surface area contributed by atoms with E-state index < -0.39 is 32.7 Å². The number of rotatable bonds is 7. The third-order valence-corrected chi connectivity index (χ3v) is 3.06. The van der Waals surface area contributed by atoms with Gasteiger partial charge in [0, 0.05) is 0 Å². The number of nitrogens with zero attached hydrogens (tertiary/aromatic N) is 3. The van der Waals surface area contributed by atoms with Crippen molar-refractivity contribution in [3.8, 4) is 0 Å². The zero-order valence-electron chi connectivity index (χ0n) is 11.1. The number of nitrogens with two attached hydrogens (primary N) is 1. The Bertz CT molecular complexity index is 752. The Balaban J connectivity index is 2.07. The number of H-pyrrole nitrogens is 1. The highest BCUT2D eigenvalue weighted by Gasteiger charge is 2.19. The van der Waals surface area contributed by atoms with Gasteiger partial charge in [-0.3, -0.25) is 18.9 Å². The standard InChI is InChI=1S/C9H14N5O7P/c10-9-12-7-6(8(16)13-9)11-3-14(7)4-20-5(1-15)2-21-22(17,18)19/h3,5,15H,1-2,4H2,(H2,17,18,19)(H3,10,12,13,16)/t5-/m0/s1. The second kappa shape index (κ2) is 6.52. The van der Waals surface area contributed by atoms with Gasteiger partial charge < -0.3 is 25.4 Å². The lowest BCUT2D eigenvalue weighted by atomic mass is 10.4. The summed E-state index contributed by atoms with van der Waals surface area (Å²) in [6.45, 7) is -1.21. The van der Waals surface area contributed by atoms with Crippen molar-refractivity contribution < 1.29 is 28.7 Å². The van der Waals surface area contributed by atoms with Crippen molar-refractivity contribution in [2.45, 2.75) is 12.8 Å². The lowest BCUT2D eigenvalue weighted by Gasteiger charge is -2.16. The minimum atomic E-state index is -4.65. The van der Waals surface area contributed by atoms with Gasteiger partial charge in [-0.25, -0.2) is 9.55 Å². The van der Waals surface area contributed by atoms with Gasteiger partial charge in [0.1, 0.15) is 12.8 Å². The highest BCUT2D eigenvalue weighted by Crippen LogP contribution is 2.35. The maximum absolute atomic E-state index is 11.6. The Morgan fingerprint density at radius 3 is 2.86 bits per heavy atom. The molecule has 6 N–H and O–H groups in total. The molecular formula is C9H14N5O7P. The highest BCUT2D eigenvalue weighted by atomic mass is 31.2. The molecule has 0 bridgehead atoms. The Hall–Kier alpha value is -1.82. The lowest BCUT2D eigenvalue weighted by Crippen LogP contribution is -2.24. The van der Waals surface area contributed by atoms with E-state index in [2.05, 4.69) is 19.5 Å². The van der Waals surface area contributed by atoms with Gasteiger partial charge in [0.05, 0.1) is 19.5 Å². The molecule has 2 heterocycles. The summed E-state index contributed by atoms with van der Waals surface area (Å²) < 4.78 is 21.4. The number of hydrogen-bond donors (Lipinski definition) is 5. The van der Waals surface area contributed by atoms with Crippen LogP contribution in [0, 0.1) is 0 Å². The molecule has 0 amide bonds. The van der Waals surface area contributed by atoms with Gasteiger partial charge in [-0.2, -0.15) is 4.98 Å². The fraction of sp³-hybridized carbons (Fsp3) is 0.444. The third-order valence-electron chi connectivity index (χ3n) is 2.57. The number of hydrogen-bond acceptors (Lipinski definition) is 8. The van der Waals surface area contributed by atoms with Crippen LogP contribution in [0.1, 0.15) is 0 Å². The van der Waals surface area contributed by atoms with Crippen molar-refractivity contribution in [2.24, 2.45) is 0 Å². The average molecular weight is 335 g/mol. The topological polar surface area (TPSA) is 186 Å². The molecule has 0 unspecified atom stereocenters. The van der Waals surface area contributed by atoms with Crippen LogP contribution in [0.4, 0.5) is 5.95 Å². The second-order valence-electron chi connectivity index (χ2n) is 4.22. The number of anilines is 1. The van der Waals surface area contributed by atoms with Gasteiger partial charge in [-0.1, -0.05) is 0 Å². The van der Waals surface area contributed by atoms with E-state index >= 15 is 0 Å². The summed E-state index contributed by atoms with van der Waals surface area (Å²) in [6, 6.07) is 0. The minimum Gasteiger partial charge on any atom is -0.394 e. The fourth-order valence-electron chi connectivity index (χ4n) is 1.58. The van der Waals surface area contributed by atoms with Gasteiger partial charge in [0.2, 0.25) is 5.95 Å². The number of phosphoric acid groups is 1. The first-order valence-corrected chi connectivity index (χ1v) is 7.46. The third kappa shape index (κ3) is 4.10. The number of nitrogens with one attached hydrogen (secondary N) is 1. The van der Waals surface area contributed by atoms with Crippen LogP contribution in [0.25, 0.3) is 11.2 Å². The molecule has 1 atom stereocenters. The van der Waals surface area contributed by atoms with Crippen LogP contribution in [0.15, 0.2) is 11.1 Å². The summed E-state index contributed by atoms with van der Waals surface area (Å²) in [6.07, 6.45) is 0.300. The van der Waals surface area contributed by atoms with Crippen molar-refractivity contribution in [1.29, 1.82) is 0 Å². The number of fused-ring (bicyclic) bond motifs is 1. The van der Waals surface area contributed by atoms with Crippen LogP contribution in [0.2, 0.25) is 0 Å². The number of nitrogen functional groups attached to an aromatic ring is 1. The van der Waals surface area contributed by atoms with E-state index in [1.54, 1.807) is 0 Å². The van der Waals surface area contributed by atoms with E-state index in [9.17, 15) is 9.36 Å². The molecule has 12 nitrogen and oxygen atoms in total. The first-order chi connectivity index (χ1) is 10.3. The van der Waals surface area contributed by atoms with E-state index in [1.165, 1.54) is 10.9 Å². The normalized spacial score (nSPS) is 13.6. The van der Waals surface area contributed by atoms with Crippen molar-refractivity contribution in [1.82, 2.24) is 19.5 Å². The molecule has 122 valence electrons. The number of aliphatic hydroxyl groups is 1. The molecule has 0 radical (unpaired) electrons. The number of imidazole rings is 1. The molecular weight excluding hydrogens is 321 g/mol. The van der Waals surface area contributed by atoms with Crippen LogP contribution < -0.4 is 11.3 Å². The number of aromatic nitrogens is 4. The maximum Gasteiger partial charge on any atom is 0.469 e. The predicted molar refractivity (Wildman–Crippen MR) is 72.5 cm³/mol. The van der Waals surface area contributed by atoms with Crippen molar-refractivity contribution >= 4 is 24.9 Å². The van der Waals surface area contributed by atoms with Gasteiger partial charge in [-0.05, 0) is 0 Å². The first-order valence-electron chi connectivity index (χ1n) is 5.93. The van der Waals surface area contributed by atoms with E-state index in [1.807, 2.05) is 0 Å². The van der Waals surface area contributed by atoms with E-state index in [0.717, 1.165) is 0 Å². The average Bonchev–Trinajstić information content (AvgIpc) is 2.81. The molecule has 0 aliphatic heterocycles. The van der Waals surface area contributed by atoms with Gasteiger partial charge in [0.25, 0.3) is 5.56 Å². The van der Waals surface area contributed by atoms with Crippen LogP contribution >= 0.6 is 7.82 Å². The molecule has 0 aliphatic carbocycles. The number of aromatic amines is 1. The molecule has 2 aromatic rings. The van der Waals surface area contributed by atoms with Gasteiger partial charge in [0.15, 0.2) is 11.2 Å². The summed E-state index contributed by atoms with van der Waals surface area (Å²) in [5.41, 5.74) is 5.16. The lowest BCUT2D eigenvalue weighted by molar-refractivity contribution is -0.0479. The van der Waals surface area contributed by atoms with E-state index in [4.69, 9.17) is 25.4 Å². The molecule has 2 rings (SSSR count). The van der Waals surface area contributed by atoms with Crippen molar-refractivity contribution in [3.05, 3.63) is 16.7 Å². The molecule has 22 heavy (non-hydrogen) atoms. The monoisotopic (exact) mass is 335 g/mol. The maximum atomic E-state index is 11.6. The van der Waals surface area contributed by atoms with Crippen molar-refractivity contribution in [2.75, 3.05) is 18.9 Å². The molecule has 0 aromatic carbocycles. The summed E-state index contributed by atoms with van der Waals surface area (Å²) >= 11 is 0. The Morgan fingerprint density at radius 1 is 1.50 bits per heavy atom. The summed E-state index contributed by atoms with van der Waals surface area (Å²) in [5, 5.41) is 9.08. The van der Waals surface area contributed by atoms with E-state index in [0.29, 0.717) is 0 Å². The molecule has 0 saturated heterocycles. The molecule has 0 saturated carbocycles. The SMILES string of the molecule is Nc1nc2c(ncn2CO[C@@H](CO)COP(=O)(O)O)c(=O)[nH]1. The zero-order valence-corrected chi connectivity index (χ0v) is 12.0. The second-order valence-corrected chi connectivity index (χ2v) is 5.46. The predicted octanol–water partition coefficient (Wildman–Crippen LogP) is -1.85. The van der Waals surface area contributed by atoms with Gasteiger partial charge >= 0.3 is 7.82 Å². The number of aliphatic hydroxyl groups excluding tert-OH is 1. The minimum absolute atomic E-state index is 0.0600. The smallest absolute Gasteiger partial charge is 0.394 e. The number of ether oxygens (including phenoxy) is 1. The van der Waals surface area contributed by atoms with Gasteiger partial charge in [-0.15, -0.1) is 0 Å². The van der Waals surface area contributed by atoms with E-state index in [-0.39, 0.29) is 23.8 Å². The molecule has 0 spiro atoms. The largest absolute Gasteiger partial charge is 0.469 e. The molecule has 2 aromatic heterocycles. The Labute approximate surface area is 122 Å². The Morgan fingerprint density at radius 2 is 2.23 bits per heavy atom. The molecule has 0 aliphatic rings. The summed E-state index contributed by atoms with van der Waals surface area (Å²) in [4.78, 5) is 38.8. The first kappa shape index (κ1) is 16.5. The van der Waals surface area contributed by atoms with Crippen LogP contribution in [-0.2, 0) is 20.6 Å². The van der Waals surface area contributed by atoms with Crippen LogP contribution in [-0.4, -0.2) is 53.7 Å². The van der Waals surface area contributed by atoms with Crippen LogP contribution in [0.5, 0.6) is 0 Å². The quantitative estimate of drug-likeness (QED) is 0.359. The summed E-state index contributed by atoms with van der Waals surface area (Å²) in [7, 11) is -4.65. The highest BCUT2D eigenvalue weighted by molar-refractivity contribution is 7.46. The Kier molecular flexibility index (Phi) is 4.90. The summed E-state index contributed by atoms with van der Waals surface area (Å²) in [5.74, 6) is -0.0946. The number of phosphoric ester groups is 1. The zero-order chi connectivity index (χ0) is 16.3. The van der Waals surface area contributed by atoms with Crippen molar-refractivity contribution in [3.63, 3.8) is 0 Å².